The van der Waals surface area contributed by atoms with Crippen molar-refractivity contribution in [3.8, 4) is 17.6 Å². The third kappa shape index (κ3) is 5.69. The van der Waals surface area contributed by atoms with Crippen molar-refractivity contribution in [2.24, 2.45) is 0 Å². The van der Waals surface area contributed by atoms with Crippen molar-refractivity contribution in [1.29, 1.82) is 5.26 Å². The maximum absolute atomic E-state index is 13.7. The molecule has 1 N–H and O–H groups in total. The highest BCUT2D eigenvalue weighted by atomic mass is 16.5. The lowest BCUT2D eigenvalue weighted by Gasteiger charge is -2.27. The highest BCUT2D eigenvalue weighted by molar-refractivity contribution is 6.16. The van der Waals surface area contributed by atoms with E-state index in [1.165, 1.54) is 6.92 Å². The lowest BCUT2D eigenvalue weighted by Crippen LogP contribution is -2.46. The molecule has 0 saturated heterocycles. The number of carbonyl (C=O) groups excluding carboxylic acids is 2. The lowest BCUT2D eigenvalue weighted by molar-refractivity contribution is -0.125. The predicted molar refractivity (Wildman–Crippen MR) is 126 cm³/mol. The van der Waals surface area contributed by atoms with Crippen LogP contribution in [0.5, 0.6) is 11.5 Å². The van der Waals surface area contributed by atoms with Crippen molar-refractivity contribution in [3.63, 3.8) is 0 Å². The molecule has 7 nitrogen and oxygen atoms in total. The van der Waals surface area contributed by atoms with E-state index in [-0.39, 0.29) is 6.42 Å². The summed E-state index contributed by atoms with van der Waals surface area (Å²) in [5.41, 5.74) is 2.30. The minimum absolute atomic E-state index is 0.217. The number of benzene rings is 3. The second kappa shape index (κ2) is 10.8. The Morgan fingerprint density at radius 1 is 0.939 bits per heavy atom. The van der Waals surface area contributed by atoms with Gasteiger partial charge >= 0.3 is 0 Å². The molecule has 0 aliphatic carbocycles. The summed E-state index contributed by atoms with van der Waals surface area (Å²) in [4.78, 5) is 27.3. The fraction of sp³-hybridized carbons (Fsp3) is 0.192. The summed E-state index contributed by atoms with van der Waals surface area (Å²) in [5, 5.41) is 12.7. The quantitative estimate of drug-likeness (QED) is 0.562. The molecule has 7 heteroatoms. The van der Waals surface area contributed by atoms with Crippen molar-refractivity contribution < 1.29 is 19.1 Å². The van der Waals surface area contributed by atoms with Crippen LogP contribution in [-0.4, -0.2) is 32.1 Å². The standard InChI is InChI=1S/C26H25N3O4/c1-18(30)29(22-10-14-24(33-3)15-11-22)26(31)25(16-19-6-4-5-7-20(19)17-27)28-21-8-12-23(32-2)13-9-21/h4-15,25,28H,16H2,1-3H3/t25-/m0/s1. The van der Waals surface area contributed by atoms with Gasteiger partial charge in [-0.15, -0.1) is 0 Å². The van der Waals surface area contributed by atoms with Gasteiger partial charge in [-0.2, -0.15) is 5.26 Å². The van der Waals surface area contributed by atoms with E-state index in [2.05, 4.69) is 11.4 Å². The smallest absolute Gasteiger partial charge is 0.256 e. The van der Waals surface area contributed by atoms with Gasteiger partial charge in [-0.3, -0.25) is 9.59 Å². The Morgan fingerprint density at radius 3 is 2.06 bits per heavy atom. The van der Waals surface area contributed by atoms with Crippen LogP contribution in [0.3, 0.4) is 0 Å². The number of anilines is 2. The molecule has 0 aliphatic heterocycles. The number of rotatable bonds is 8. The first-order valence-corrected chi connectivity index (χ1v) is 10.3. The number of imide groups is 1. The fourth-order valence-corrected chi connectivity index (χ4v) is 3.47. The minimum Gasteiger partial charge on any atom is -0.497 e. The van der Waals surface area contributed by atoms with Crippen LogP contribution < -0.4 is 19.7 Å². The van der Waals surface area contributed by atoms with Crippen LogP contribution in [0.4, 0.5) is 11.4 Å². The Kier molecular flexibility index (Phi) is 7.66. The fourth-order valence-electron chi connectivity index (χ4n) is 3.47. The Morgan fingerprint density at radius 2 is 1.52 bits per heavy atom. The largest absolute Gasteiger partial charge is 0.497 e. The SMILES string of the molecule is COc1ccc(N[C@@H](Cc2ccccc2C#N)C(=O)N(C(C)=O)c2ccc(OC)cc2)cc1. The first-order valence-electron chi connectivity index (χ1n) is 10.3. The molecule has 1 atom stereocenters. The summed E-state index contributed by atoms with van der Waals surface area (Å²) in [7, 11) is 3.12. The average molecular weight is 444 g/mol. The zero-order valence-electron chi connectivity index (χ0n) is 18.7. The summed E-state index contributed by atoms with van der Waals surface area (Å²) >= 11 is 0. The molecular formula is C26H25N3O4. The van der Waals surface area contributed by atoms with E-state index in [1.807, 2.05) is 6.07 Å². The zero-order valence-corrected chi connectivity index (χ0v) is 18.7. The van der Waals surface area contributed by atoms with Gasteiger partial charge in [0.1, 0.15) is 17.5 Å². The average Bonchev–Trinajstić information content (AvgIpc) is 2.84. The Bertz CT molecular complexity index is 1150. The molecule has 0 heterocycles. The third-order valence-electron chi connectivity index (χ3n) is 5.16. The highest BCUT2D eigenvalue weighted by Crippen LogP contribution is 2.23. The molecule has 0 spiro atoms. The van der Waals surface area contributed by atoms with E-state index >= 15 is 0 Å². The normalized spacial score (nSPS) is 11.1. The van der Waals surface area contributed by atoms with Crippen molar-refractivity contribution in [3.05, 3.63) is 83.9 Å². The lowest BCUT2D eigenvalue weighted by atomic mass is 9.99. The molecule has 33 heavy (non-hydrogen) atoms. The molecule has 3 aromatic carbocycles. The van der Waals surface area contributed by atoms with Gasteiger partial charge in [-0.05, 0) is 60.2 Å². The first kappa shape index (κ1) is 23.4. The summed E-state index contributed by atoms with van der Waals surface area (Å²) in [5.74, 6) is 0.448. The van der Waals surface area contributed by atoms with Crippen molar-refractivity contribution in [1.82, 2.24) is 0 Å². The Balaban J connectivity index is 1.98. The van der Waals surface area contributed by atoms with Crippen LogP contribution in [-0.2, 0) is 16.0 Å². The van der Waals surface area contributed by atoms with Gasteiger partial charge in [0.15, 0.2) is 0 Å². The summed E-state index contributed by atoms with van der Waals surface area (Å²) in [6.07, 6.45) is 0.217. The van der Waals surface area contributed by atoms with Crippen LogP contribution in [0.25, 0.3) is 0 Å². The molecule has 168 valence electrons. The number of carbonyl (C=O) groups is 2. The van der Waals surface area contributed by atoms with Crippen molar-refractivity contribution >= 4 is 23.2 Å². The van der Waals surface area contributed by atoms with E-state index in [0.717, 1.165) is 4.90 Å². The Labute approximate surface area is 193 Å². The van der Waals surface area contributed by atoms with E-state index in [4.69, 9.17) is 9.47 Å². The molecule has 0 saturated carbocycles. The predicted octanol–water partition coefficient (Wildman–Crippen LogP) is 4.18. The number of nitriles is 1. The molecule has 0 aromatic heterocycles. The summed E-state index contributed by atoms with van der Waals surface area (Å²) in [6.45, 7) is 1.34. The number of hydrogen-bond acceptors (Lipinski definition) is 6. The molecule has 0 bridgehead atoms. The first-order chi connectivity index (χ1) is 16.0. The number of ether oxygens (including phenoxy) is 2. The third-order valence-corrected chi connectivity index (χ3v) is 5.16. The number of nitrogens with one attached hydrogen (secondary N) is 1. The maximum Gasteiger partial charge on any atom is 0.256 e. The van der Waals surface area contributed by atoms with Gasteiger partial charge in [0.05, 0.1) is 31.5 Å². The zero-order chi connectivity index (χ0) is 23.8. The summed E-state index contributed by atoms with van der Waals surface area (Å²) in [6, 6.07) is 22.3. The second-order valence-electron chi connectivity index (χ2n) is 7.29. The second-order valence-corrected chi connectivity index (χ2v) is 7.29. The molecule has 0 unspecified atom stereocenters. The number of nitrogens with zero attached hydrogens (tertiary/aromatic N) is 2. The monoisotopic (exact) mass is 443 g/mol. The van der Waals surface area contributed by atoms with Gasteiger partial charge < -0.3 is 14.8 Å². The van der Waals surface area contributed by atoms with Crippen LogP contribution >= 0.6 is 0 Å². The molecule has 3 rings (SSSR count). The maximum atomic E-state index is 13.7. The molecule has 0 radical (unpaired) electrons. The summed E-state index contributed by atoms with van der Waals surface area (Å²) < 4.78 is 10.4. The number of methoxy groups -OCH3 is 2. The van der Waals surface area contributed by atoms with Crippen LogP contribution in [0.15, 0.2) is 72.8 Å². The molecular weight excluding hydrogens is 418 g/mol. The van der Waals surface area contributed by atoms with E-state index in [0.29, 0.717) is 34.0 Å². The van der Waals surface area contributed by atoms with Gasteiger partial charge in [-0.25, -0.2) is 4.90 Å². The van der Waals surface area contributed by atoms with Crippen LogP contribution in [0, 0.1) is 11.3 Å². The van der Waals surface area contributed by atoms with E-state index < -0.39 is 17.9 Å². The van der Waals surface area contributed by atoms with Crippen LogP contribution in [0.1, 0.15) is 18.1 Å². The van der Waals surface area contributed by atoms with Crippen LogP contribution in [0.2, 0.25) is 0 Å². The Hall–Kier alpha value is -4.31. The topological polar surface area (TPSA) is 91.7 Å². The van der Waals surface area contributed by atoms with Crippen molar-refractivity contribution in [2.45, 2.75) is 19.4 Å². The molecule has 0 fully saturated rings. The number of hydrogen-bond donors (Lipinski definition) is 1. The van der Waals surface area contributed by atoms with E-state index in [1.54, 1.807) is 80.9 Å². The molecule has 2 amide bonds. The van der Waals surface area contributed by atoms with Gasteiger partial charge in [0.25, 0.3) is 5.91 Å². The van der Waals surface area contributed by atoms with E-state index in [9.17, 15) is 14.9 Å². The van der Waals surface area contributed by atoms with Gasteiger partial charge in [0, 0.05) is 19.0 Å². The minimum atomic E-state index is -0.807. The van der Waals surface area contributed by atoms with Gasteiger partial charge in [-0.1, -0.05) is 18.2 Å². The number of amides is 2. The van der Waals surface area contributed by atoms with Gasteiger partial charge in [0.2, 0.25) is 5.91 Å². The van der Waals surface area contributed by atoms with Crippen molar-refractivity contribution in [2.75, 3.05) is 24.4 Å². The molecule has 3 aromatic rings. The highest BCUT2D eigenvalue weighted by Gasteiger charge is 2.29. The molecule has 0 aliphatic rings.